The first kappa shape index (κ1) is 13.4. The average molecular weight is 246 g/mol. The Bertz CT molecular complexity index is 370. The number of nitrogens with one attached hydrogen (secondary N) is 1. The summed E-state index contributed by atoms with van der Waals surface area (Å²) in [5.74, 6) is 0. The molecule has 1 N–H and O–H groups in total. The summed E-state index contributed by atoms with van der Waals surface area (Å²) in [4.78, 5) is 2.53. The van der Waals surface area contributed by atoms with Gasteiger partial charge < -0.3 is 10.2 Å². The maximum absolute atomic E-state index is 3.65. The first-order valence-electron chi connectivity index (χ1n) is 7.14. The van der Waals surface area contributed by atoms with Gasteiger partial charge in [-0.3, -0.25) is 0 Å². The lowest BCUT2D eigenvalue weighted by atomic mass is 10.0. The van der Waals surface area contributed by atoms with E-state index in [0.29, 0.717) is 12.1 Å². The molecular formula is C16H26N2. The Balaban J connectivity index is 1.96. The summed E-state index contributed by atoms with van der Waals surface area (Å²) in [5.41, 5.74) is 4.13. The molecule has 0 bridgehead atoms. The minimum atomic E-state index is 0.600. The van der Waals surface area contributed by atoms with E-state index >= 15 is 0 Å². The lowest BCUT2D eigenvalue weighted by molar-refractivity contribution is 0.387. The van der Waals surface area contributed by atoms with Crippen molar-refractivity contribution in [1.82, 2.24) is 5.32 Å². The molecule has 0 unspecified atom stereocenters. The highest BCUT2D eigenvalue weighted by Crippen LogP contribution is 2.22. The van der Waals surface area contributed by atoms with Crippen molar-refractivity contribution in [1.29, 1.82) is 0 Å². The second kappa shape index (κ2) is 5.75. The molecule has 1 heterocycles. The maximum atomic E-state index is 3.65. The van der Waals surface area contributed by atoms with Gasteiger partial charge in [-0.05, 0) is 49.9 Å². The minimum absolute atomic E-state index is 0.600. The number of aryl methyl sites for hydroxylation is 2. The molecule has 0 aliphatic carbocycles. The van der Waals surface area contributed by atoms with Crippen molar-refractivity contribution in [3.8, 4) is 0 Å². The topological polar surface area (TPSA) is 15.3 Å². The fourth-order valence-electron chi connectivity index (χ4n) is 2.91. The highest BCUT2D eigenvalue weighted by atomic mass is 15.1. The zero-order valence-corrected chi connectivity index (χ0v) is 12.2. The van der Waals surface area contributed by atoms with E-state index in [1.54, 1.807) is 0 Å². The van der Waals surface area contributed by atoms with Crippen LogP contribution < -0.4 is 10.2 Å². The third kappa shape index (κ3) is 3.49. The molecule has 2 nitrogen and oxygen atoms in total. The van der Waals surface area contributed by atoms with Crippen molar-refractivity contribution in [3.63, 3.8) is 0 Å². The molecule has 0 aromatic heterocycles. The standard InChI is InChI=1S/C16H26N2/c1-12(2)17-15-5-7-18(8-6-15)16-10-13(3)9-14(4)11-16/h9-12,15,17H,5-8H2,1-4H3. The van der Waals surface area contributed by atoms with Gasteiger partial charge in [0.05, 0.1) is 0 Å². The molecule has 1 aromatic carbocycles. The maximum Gasteiger partial charge on any atom is 0.0371 e. The van der Waals surface area contributed by atoms with Crippen LogP contribution in [0.5, 0.6) is 0 Å². The molecule has 0 radical (unpaired) electrons. The molecular weight excluding hydrogens is 220 g/mol. The van der Waals surface area contributed by atoms with Crippen LogP contribution in [0.4, 0.5) is 5.69 Å². The predicted molar refractivity (Wildman–Crippen MR) is 79.4 cm³/mol. The third-order valence-electron chi connectivity index (χ3n) is 3.64. The Morgan fingerprint density at radius 2 is 1.61 bits per heavy atom. The van der Waals surface area contributed by atoms with Crippen LogP contribution in [0.25, 0.3) is 0 Å². The Kier molecular flexibility index (Phi) is 4.28. The van der Waals surface area contributed by atoms with Gasteiger partial charge in [0.2, 0.25) is 0 Å². The number of rotatable bonds is 3. The zero-order chi connectivity index (χ0) is 13.1. The van der Waals surface area contributed by atoms with Gasteiger partial charge in [-0.15, -0.1) is 0 Å². The fourth-order valence-corrected chi connectivity index (χ4v) is 2.91. The highest BCUT2D eigenvalue weighted by Gasteiger charge is 2.19. The normalized spacial score (nSPS) is 17.5. The molecule has 100 valence electrons. The second-order valence-corrected chi connectivity index (χ2v) is 5.93. The minimum Gasteiger partial charge on any atom is -0.371 e. The number of anilines is 1. The zero-order valence-electron chi connectivity index (χ0n) is 12.2. The average Bonchev–Trinajstić information content (AvgIpc) is 2.27. The van der Waals surface area contributed by atoms with Crippen LogP contribution in [0.2, 0.25) is 0 Å². The Labute approximate surface area is 111 Å². The molecule has 1 saturated heterocycles. The van der Waals surface area contributed by atoms with E-state index in [0.717, 1.165) is 0 Å². The third-order valence-corrected chi connectivity index (χ3v) is 3.64. The van der Waals surface area contributed by atoms with Gasteiger partial charge in [0.1, 0.15) is 0 Å². The van der Waals surface area contributed by atoms with Crippen LogP contribution in [-0.4, -0.2) is 25.2 Å². The van der Waals surface area contributed by atoms with Crippen LogP contribution in [0.15, 0.2) is 18.2 Å². The second-order valence-electron chi connectivity index (χ2n) is 5.93. The van der Waals surface area contributed by atoms with E-state index in [4.69, 9.17) is 0 Å². The van der Waals surface area contributed by atoms with E-state index in [9.17, 15) is 0 Å². The lowest BCUT2D eigenvalue weighted by Gasteiger charge is -2.35. The Morgan fingerprint density at radius 3 is 2.11 bits per heavy atom. The monoisotopic (exact) mass is 246 g/mol. The van der Waals surface area contributed by atoms with Gasteiger partial charge in [0.15, 0.2) is 0 Å². The van der Waals surface area contributed by atoms with Crippen LogP contribution in [0.3, 0.4) is 0 Å². The largest absolute Gasteiger partial charge is 0.371 e. The van der Waals surface area contributed by atoms with E-state index in [1.807, 2.05) is 0 Å². The highest BCUT2D eigenvalue weighted by molar-refractivity contribution is 5.51. The molecule has 2 heteroatoms. The molecule has 0 saturated carbocycles. The summed E-state index contributed by atoms with van der Waals surface area (Å²) in [5, 5.41) is 3.65. The number of hydrogen-bond donors (Lipinski definition) is 1. The van der Waals surface area contributed by atoms with E-state index in [-0.39, 0.29) is 0 Å². The smallest absolute Gasteiger partial charge is 0.0371 e. The first-order chi connectivity index (χ1) is 8.54. The summed E-state index contributed by atoms with van der Waals surface area (Å²) in [7, 11) is 0. The van der Waals surface area contributed by atoms with Gasteiger partial charge >= 0.3 is 0 Å². The van der Waals surface area contributed by atoms with Gasteiger partial charge in [-0.25, -0.2) is 0 Å². The van der Waals surface area contributed by atoms with Crippen molar-refractivity contribution >= 4 is 5.69 Å². The Hall–Kier alpha value is -1.02. The van der Waals surface area contributed by atoms with Crippen LogP contribution in [0, 0.1) is 13.8 Å². The van der Waals surface area contributed by atoms with Crippen molar-refractivity contribution in [2.75, 3.05) is 18.0 Å². The van der Waals surface area contributed by atoms with Crippen LogP contribution >= 0.6 is 0 Å². The van der Waals surface area contributed by atoms with E-state index in [1.165, 1.54) is 42.7 Å². The summed E-state index contributed by atoms with van der Waals surface area (Å²) in [6.07, 6.45) is 2.51. The summed E-state index contributed by atoms with van der Waals surface area (Å²) < 4.78 is 0. The van der Waals surface area contributed by atoms with E-state index in [2.05, 4.69) is 56.1 Å². The summed E-state index contributed by atoms with van der Waals surface area (Å²) in [6, 6.07) is 8.16. The molecule has 18 heavy (non-hydrogen) atoms. The SMILES string of the molecule is Cc1cc(C)cc(N2CCC(NC(C)C)CC2)c1. The van der Waals surface area contributed by atoms with Gasteiger partial charge in [-0.2, -0.15) is 0 Å². The van der Waals surface area contributed by atoms with Crippen LogP contribution in [-0.2, 0) is 0 Å². The van der Waals surface area contributed by atoms with E-state index < -0.39 is 0 Å². The fraction of sp³-hybridized carbons (Fsp3) is 0.625. The van der Waals surface area contributed by atoms with Crippen molar-refractivity contribution in [3.05, 3.63) is 29.3 Å². The molecule has 1 aliphatic rings. The molecule has 0 atom stereocenters. The summed E-state index contributed by atoms with van der Waals surface area (Å²) in [6.45, 7) is 11.2. The van der Waals surface area contributed by atoms with Crippen LogP contribution in [0.1, 0.15) is 37.8 Å². The lowest BCUT2D eigenvalue weighted by Crippen LogP contribution is -2.44. The molecule has 0 amide bonds. The quantitative estimate of drug-likeness (QED) is 0.880. The van der Waals surface area contributed by atoms with Gasteiger partial charge in [0.25, 0.3) is 0 Å². The van der Waals surface area contributed by atoms with Gasteiger partial charge in [0, 0.05) is 30.9 Å². The molecule has 2 rings (SSSR count). The Morgan fingerprint density at radius 1 is 1.06 bits per heavy atom. The van der Waals surface area contributed by atoms with Crippen molar-refractivity contribution < 1.29 is 0 Å². The van der Waals surface area contributed by atoms with Gasteiger partial charge in [-0.1, -0.05) is 19.9 Å². The number of nitrogens with zero attached hydrogens (tertiary/aromatic N) is 1. The van der Waals surface area contributed by atoms with Crippen molar-refractivity contribution in [2.45, 2.75) is 52.6 Å². The number of hydrogen-bond acceptors (Lipinski definition) is 2. The summed E-state index contributed by atoms with van der Waals surface area (Å²) >= 11 is 0. The van der Waals surface area contributed by atoms with Crippen molar-refractivity contribution in [2.24, 2.45) is 0 Å². The molecule has 1 aromatic rings. The molecule has 1 fully saturated rings. The predicted octanol–water partition coefficient (Wildman–Crippen LogP) is 3.27. The molecule has 1 aliphatic heterocycles. The number of benzene rings is 1. The number of piperidine rings is 1. The first-order valence-corrected chi connectivity index (χ1v) is 7.14. The molecule has 0 spiro atoms.